The first-order valence-corrected chi connectivity index (χ1v) is 3.69. The van der Waals surface area contributed by atoms with Crippen molar-refractivity contribution in [2.75, 3.05) is 13.2 Å². The summed E-state index contributed by atoms with van der Waals surface area (Å²) < 4.78 is 9.52. The molecular formula is C8H14O3. The maximum absolute atomic E-state index is 10.7. The molecule has 0 saturated heterocycles. The Morgan fingerprint density at radius 1 is 1.64 bits per heavy atom. The lowest BCUT2D eigenvalue weighted by molar-refractivity contribution is -0.143. The molecule has 64 valence electrons. The van der Waals surface area contributed by atoms with E-state index in [1.165, 1.54) is 6.26 Å². The Morgan fingerprint density at radius 3 is 2.91 bits per heavy atom. The van der Waals surface area contributed by atoms with Gasteiger partial charge in [-0.3, -0.25) is 4.79 Å². The van der Waals surface area contributed by atoms with Gasteiger partial charge in [-0.1, -0.05) is 6.58 Å². The summed E-state index contributed by atoms with van der Waals surface area (Å²) in [6.45, 7) is 6.14. The summed E-state index contributed by atoms with van der Waals surface area (Å²) in [7, 11) is 0. The van der Waals surface area contributed by atoms with Crippen molar-refractivity contribution in [1.29, 1.82) is 0 Å². The third kappa shape index (κ3) is 6.90. The van der Waals surface area contributed by atoms with E-state index in [-0.39, 0.29) is 5.97 Å². The van der Waals surface area contributed by atoms with E-state index in [9.17, 15) is 4.79 Å². The molecular weight excluding hydrogens is 144 g/mol. The third-order valence-electron chi connectivity index (χ3n) is 1.07. The lowest BCUT2D eigenvalue weighted by atomic mass is 10.3. The van der Waals surface area contributed by atoms with Crippen molar-refractivity contribution in [1.82, 2.24) is 0 Å². The number of carbonyl (C=O) groups is 1. The van der Waals surface area contributed by atoms with Crippen LogP contribution in [0.4, 0.5) is 0 Å². The van der Waals surface area contributed by atoms with Gasteiger partial charge in [-0.25, -0.2) is 0 Å². The van der Waals surface area contributed by atoms with Gasteiger partial charge < -0.3 is 9.47 Å². The molecule has 0 saturated carbocycles. The normalized spacial score (nSPS) is 8.82. The molecule has 0 bridgehead atoms. The molecule has 3 nitrogen and oxygen atoms in total. The highest BCUT2D eigenvalue weighted by atomic mass is 16.5. The fourth-order valence-corrected chi connectivity index (χ4v) is 0.616. The minimum atomic E-state index is -0.167. The van der Waals surface area contributed by atoms with Crippen LogP contribution >= 0.6 is 0 Å². The quantitative estimate of drug-likeness (QED) is 0.334. The number of rotatable bonds is 6. The zero-order chi connectivity index (χ0) is 8.53. The average molecular weight is 158 g/mol. The van der Waals surface area contributed by atoms with Gasteiger partial charge in [0.2, 0.25) is 0 Å². The summed E-state index contributed by atoms with van der Waals surface area (Å²) >= 11 is 0. The van der Waals surface area contributed by atoms with E-state index in [4.69, 9.17) is 9.47 Å². The van der Waals surface area contributed by atoms with Gasteiger partial charge in [0.05, 0.1) is 19.5 Å². The fraction of sp³-hybridized carbons (Fsp3) is 0.625. The Hall–Kier alpha value is -0.990. The summed E-state index contributed by atoms with van der Waals surface area (Å²) in [4.78, 5) is 10.7. The molecule has 0 spiro atoms. The van der Waals surface area contributed by atoms with Gasteiger partial charge in [0.25, 0.3) is 0 Å². The van der Waals surface area contributed by atoms with Crippen LogP contribution in [0.25, 0.3) is 0 Å². The van der Waals surface area contributed by atoms with Gasteiger partial charge in [0.1, 0.15) is 0 Å². The maximum Gasteiger partial charge on any atom is 0.305 e. The topological polar surface area (TPSA) is 35.5 Å². The number of hydrogen-bond donors (Lipinski definition) is 0. The van der Waals surface area contributed by atoms with Crippen LogP contribution in [-0.4, -0.2) is 19.2 Å². The van der Waals surface area contributed by atoms with Crippen molar-refractivity contribution < 1.29 is 14.3 Å². The first-order chi connectivity index (χ1) is 5.31. The number of carbonyl (C=O) groups excluding carboxylic acids is 1. The average Bonchev–Trinajstić information content (AvgIpc) is 1.99. The van der Waals surface area contributed by atoms with E-state index in [0.717, 1.165) is 0 Å². The number of hydrogen-bond acceptors (Lipinski definition) is 3. The highest BCUT2D eigenvalue weighted by Gasteiger charge is 1.99. The molecule has 0 aliphatic carbocycles. The van der Waals surface area contributed by atoms with Crippen LogP contribution in [0.2, 0.25) is 0 Å². The second-order valence-corrected chi connectivity index (χ2v) is 1.95. The van der Waals surface area contributed by atoms with Gasteiger partial charge >= 0.3 is 5.97 Å². The largest absolute Gasteiger partial charge is 0.502 e. The predicted octanol–water partition coefficient (Wildman–Crippen LogP) is 1.49. The molecule has 3 heteroatoms. The minimum Gasteiger partial charge on any atom is -0.502 e. The Morgan fingerprint density at radius 2 is 2.36 bits per heavy atom. The van der Waals surface area contributed by atoms with E-state index >= 15 is 0 Å². The van der Waals surface area contributed by atoms with Crippen LogP contribution in [-0.2, 0) is 14.3 Å². The molecule has 0 unspecified atom stereocenters. The first kappa shape index (κ1) is 10.0. The molecule has 0 fully saturated rings. The zero-order valence-corrected chi connectivity index (χ0v) is 6.84. The molecule has 0 amide bonds. The third-order valence-corrected chi connectivity index (χ3v) is 1.07. The fourth-order valence-electron chi connectivity index (χ4n) is 0.616. The number of ether oxygens (including phenoxy) is 2. The van der Waals surface area contributed by atoms with Gasteiger partial charge in [0.15, 0.2) is 0 Å². The van der Waals surface area contributed by atoms with Crippen LogP contribution in [0, 0.1) is 0 Å². The van der Waals surface area contributed by atoms with Crippen molar-refractivity contribution >= 4 is 5.97 Å². The molecule has 0 rings (SSSR count). The van der Waals surface area contributed by atoms with Crippen LogP contribution in [0.5, 0.6) is 0 Å². The molecule has 0 aliphatic rings. The Bertz CT molecular complexity index is 121. The van der Waals surface area contributed by atoms with Crippen LogP contribution in [0.3, 0.4) is 0 Å². The van der Waals surface area contributed by atoms with Gasteiger partial charge in [-0.15, -0.1) is 0 Å². The smallest absolute Gasteiger partial charge is 0.305 e. The molecule has 0 aromatic heterocycles. The Balaban J connectivity index is 3.10. The number of esters is 1. The SMILES string of the molecule is C=COCCCC(=O)OCC. The first-order valence-electron chi connectivity index (χ1n) is 3.69. The molecule has 0 heterocycles. The standard InChI is InChI=1S/C8H14O3/c1-3-10-7-5-6-8(9)11-4-2/h3H,1,4-7H2,2H3. The summed E-state index contributed by atoms with van der Waals surface area (Å²) in [5.41, 5.74) is 0. The molecule has 0 atom stereocenters. The van der Waals surface area contributed by atoms with Crippen LogP contribution < -0.4 is 0 Å². The van der Waals surface area contributed by atoms with Crippen molar-refractivity contribution in [2.24, 2.45) is 0 Å². The minimum absolute atomic E-state index is 0.167. The van der Waals surface area contributed by atoms with Crippen LogP contribution in [0.15, 0.2) is 12.8 Å². The summed E-state index contributed by atoms with van der Waals surface area (Å²) in [5, 5.41) is 0. The van der Waals surface area contributed by atoms with Crippen molar-refractivity contribution in [3.8, 4) is 0 Å². The molecule has 0 aliphatic heterocycles. The molecule has 0 aromatic rings. The van der Waals surface area contributed by atoms with Gasteiger partial charge in [0, 0.05) is 6.42 Å². The molecule has 11 heavy (non-hydrogen) atoms. The predicted molar refractivity (Wildman–Crippen MR) is 42.0 cm³/mol. The molecule has 0 N–H and O–H groups in total. The lowest BCUT2D eigenvalue weighted by Gasteiger charge is -2.00. The van der Waals surface area contributed by atoms with Gasteiger partial charge in [-0.05, 0) is 13.3 Å². The van der Waals surface area contributed by atoms with E-state index in [0.29, 0.717) is 26.1 Å². The van der Waals surface area contributed by atoms with E-state index in [1.54, 1.807) is 6.92 Å². The Kier molecular flexibility index (Phi) is 6.48. The zero-order valence-electron chi connectivity index (χ0n) is 6.84. The van der Waals surface area contributed by atoms with Gasteiger partial charge in [-0.2, -0.15) is 0 Å². The highest BCUT2D eigenvalue weighted by Crippen LogP contribution is 1.93. The highest BCUT2D eigenvalue weighted by molar-refractivity contribution is 5.69. The monoisotopic (exact) mass is 158 g/mol. The summed E-state index contributed by atoms with van der Waals surface area (Å²) in [5.74, 6) is -0.167. The second-order valence-electron chi connectivity index (χ2n) is 1.95. The van der Waals surface area contributed by atoms with Crippen molar-refractivity contribution in [2.45, 2.75) is 19.8 Å². The maximum atomic E-state index is 10.7. The lowest BCUT2D eigenvalue weighted by Crippen LogP contribution is -2.04. The van der Waals surface area contributed by atoms with Crippen LogP contribution in [0.1, 0.15) is 19.8 Å². The molecule has 0 radical (unpaired) electrons. The van der Waals surface area contributed by atoms with E-state index in [2.05, 4.69) is 6.58 Å². The molecule has 0 aromatic carbocycles. The summed E-state index contributed by atoms with van der Waals surface area (Å²) in [6, 6.07) is 0. The second kappa shape index (κ2) is 7.12. The summed E-state index contributed by atoms with van der Waals surface area (Å²) in [6.07, 6.45) is 2.47. The van der Waals surface area contributed by atoms with Crippen molar-refractivity contribution in [3.63, 3.8) is 0 Å². The van der Waals surface area contributed by atoms with Crippen molar-refractivity contribution in [3.05, 3.63) is 12.8 Å². The van der Waals surface area contributed by atoms with E-state index < -0.39 is 0 Å². The van der Waals surface area contributed by atoms with E-state index in [1.807, 2.05) is 0 Å². The Labute approximate surface area is 67.0 Å².